The van der Waals surface area contributed by atoms with Crippen LogP contribution in [0.5, 0.6) is 0 Å². The van der Waals surface area contributed by atoms with Gasteiger partial charge in [0.1, 0.15) is 5.72 Å². The minimum absolute atomic E-state index is 0.000434. The van der Waals surface area contributed by atoms with Crippen molar-refractivity contribution in [3.63, 3.8) is 0 Å². The maximum absolute atomic E-state index is 13.8. The number of carbonyl (C=O) groups is 1. The Hall–Kier alpha value is -3.20. The van der Waals surface area contributed by atoms with Crippen molar-refractivity contribution in [1.82, 2.24) is 9.62 Å². The van der Waals surface area contributed by atoms with E-state index in [1.54, 1.807) is 12.1 Å². The number of nitrogen functional groups attached to an aromatic ring is 1. The van der Waals surface area contributed by atoms with Crippen LogP contribution in [0.4, 0.5) is 5.69 Å². The van der Waals surface area contributed by atoms with E-state index in [2.05, 4.69) is 5.32 Å². The SMILES string of the molecule is Cc1ccccc1C(=O)NCCC(O)(Cc1ccccc1)N(CC(C)C)S(=O)(=O)c1ccc(N)cc1. The second-order valence-electron chi connectivity index (χ2n) is 9.46. The van der Waals surface area contributed by atoms with Gasteiger partial charge in [-0.25, -0.2) is 8.42 Å². The number of benzene rings is 3. The van der Waals surface area contributed by atoms with Gasteiger partial charge in [0, 0.05) is 37.2 Å². The Bertz CT molecular complexity index is 1260. The first-order chi connectivity index (χ1) is 17.0. The van der Waals surface area contributed by atoms with Gasteiger partial charge in [0.2, 0.25) is 10.0 Å². The molecule has 0 heterocycles. The van der Waals surface area contributed by atoms with Crippen LogP contribution in [0.3, 0.4) is 0 Å². The Morgan fingerprint density at radius 2 is 1.61 bits per heavy atom. The third kappa shape index (κ3) is 6.72. The van der Waals surface area contributed by atoms with Crippen molar-refractivity contribution >= 4 is 21.6 Å². The molecule has 0 aromatic heterocycles. The minimum atomic E-state index is -4.09. The Kier molecular flexibility index (Phi) is 8.89. The smallest absolute Gasteiger partial charge is 0.251 e. The van der Waals surface area contributed by atoms with Crippen LogP contribution in [0.25, 0.3) is 0 Å². The molecule has 0 saturated heterocycles. The highest BCUT2D eigenvalue weighted by Gasteiger charge is 2.43. The molecule has 4 N–H and O–H groups in total. The van der Waals surface area contributed by atoms with Gasteiger partial charge in [-0.05, 0) is 54.3 Å². The number of nitrogens with zero attached hydrogens (tertiary/aromatic N) is 1. The average Bonchev–Trinajstić information content (AvgIpc) is 2.83. The van der Waals surface area contributed by atoms with Gasteiger partial charge in [0.25, 0.3) is 5.91 Å². The number of nitrogens with one attached hydrogen (secondary N) is 1. The lowest BCUT2D eigenvalue weighted by Crippen LogP contribution is -2.55. The zero-order valence-electron chi connectivity index (χ0n) is 21.0. The number of hydrogen-bond acceptors (Lipinski definition) is 5. The molecule has 8 heteroatoms. The van der Waals surface area contributed by atoms with Crippen molar-refractivity contribution in [1.29, 1.82) is 0 Å². The summed E-state index contributed by atoms with van der Waals surface area (Å²) in [5.41, 5.74) is 6.59. The molecular weight excluding hydrogens is 474 g/mol. The van der Waals surface area contributed by atoms with Gasteiger partial charge in [-0.2, -0.15) is 4.31 Å². The van der Waals surface area contributed by atoms with E-state index in [1.807, 2.05) is 63.2 Å². The van der Waals surface area contributed by atoms with Crippen molar-refractivity contribution < 1.29 is 18.3 Å². The molecule has 192 valence electrons. The molecule has 3 aromatic rings. The molecule has 0 fully saturated rings. The summed E-state index contributed by atoms with van der Waals surface area (Å²) in [6.45, 7) is 5.83. The van der Waals surface area contributed by atoms with E-state index in [9.17, 15) is 18.3 Å². The van der Waals surface area contributed by atoms with Crippen LogP contribution in [0, 0.1) is 12.8 Å². The third-order valence-corrected chi connectivity index (χ3v) is 7.93. The van der Waals surface area contributed by atoms with Gasteiger partial charge in [0.15, 0.2) is 0 Å². The van der Waals surface area contributed by atoms with Crippen LogP contribution in [-0.2, 0) is 16.4 Å². The maximum Gasteiger partial charge on any atom is 0.251 e. The van der Waals surface area contributed by atoms with Gasteiger partial charge >= 0.3 is 0 Å². The fourth-order valence-electron chi connectivity index (χ4n) is 4.11. The lowest BCUT2D eigenvalue weighted by Gasteiger charge is -2.40. The summed E-state index contributed by atoms with van der Waals surface area (Å²) in [7, 11) is -4.09. The Morgan fingerprint density at radius 1 is 1.00 bits per heavy atom. The van der Waals surface area contributed by atoms with Gasteiger partial charge < -0.3 is 16.2 Å². The Balaban J connectivity index is 1.95. The van der Waals surface area contributed by atoms with Crippen molar-refractivity contribution in [2.24, 2.45) is 5.92 Å². The lowest BCUT2D eigenvalue weighted by atomic mass is 9.98. The monoisotopic (exact) mass is 509 g/mol. The van der Waals surface area contributed by atoms with Crippen LogP contribution in [0.15, 0.2) is 83.8 Å². The van der Waals surface area contributed by atoms with Crippen LogP contribution >= 0.6 is 0 Å². The maximum atomic E-state index is 13.8. The van der Waals surface area contributed by atoms with Crippen LogP contribution in [0.1, 0.15) is 41.8 Å². The number of nitrogens with two attached hydrogens (primary N) is 1. The van der Waals surface area contributed by atoms with Gasteiger partial charge in [-0.3, -0.25) is 4.79 Å². The summed E-state index contributed by atoms with van der Waals surface area (Å²) in [6, 6.07) is 22.4. The lowest BCUT2D eigenvalue weighted by molar-refractivity contribution is -0.0700. The first-order valence-electron chi connectivity index (χ1n) is 12.0. The molecule has 1 atom stereocenters. The average molecular weight is 510 g/mol. The summed E-state index contributed by atoms with van der Waals surface area (Å²) in [5.74, 6) is -0.329. The molecule has 3 rings (SSSR count). The molecule has 0 aliphatic carbocycles. The van der Waals surface area contributed by atoms with Gasteiger partial charge in [-0.15, -0.1) is 0 Å². The molecule has 1 unspecified atom stereocenters. The zero-order valence-corrected chi connectivity index (χ0v) is 21.8. The largest absolute Gasteiger partial charge is 0.399 e. The quantitative estimate of drug-likeness (QED) is 0.267. The first kappa shape index (κ1) is 27.4. The summed E-state index contributed by atoms with van der Waals surface area (Å²) >= 11 is 0. The molecule has 3 aromatic carbocycles. The van der Waals surface area contributed by atoms with Crippen LogP contribution < -0.4 is 11.1 Å². The summed E-state index contributed by atoms with van der Waals surface area (Å²) in [4.78, 5) is 12.8. The molecule has 0 spiro atoms. The minimum Gasteiger partial charge on any atom is -0.399 e. The molecule has 36 heavy (non-hydrogen) atoms. The number of carbonyl (C=O) groups excluding carboxylic acids is 1. The highest BCUT2D eigenvalue weighted by molar-refractivity contribution is 7.89. The number of anilines is 1. The van der Waals surface area contributed by atoms with Gasteiger partial charge in [-0.1, -0.05) is 62.4 Å². The molecular formula is C28H35N3O4S. The fraction of sp³-hybridized carbons (Fsp3) is 0.321. The number of hydrogen-bond donors (Lipinski definition) is 3. The van der Waals surface area contributed by atoms with E-state index < -0.39 is 15.7 Å². The summed E-state index contributed by atoms with van der Waals surface area (Å²) < 4.78 is 28.8. The second-order valence-corrected chi connectivity index (χ2v) is 11.3. The highest BCUT2D eigenvalue weighted by Crippen LogP contribution is 2.30. The number of amides is 1. The van der Waals surface area contributed by atoms with Crippen molar-refractivity contribution in [3.8, 4) is 0 Å². The van der Waals surface area contributed by atoms with Crippen molar-refractivity contribution in [2.45, 2.75) is 44.2 Å². The summed E-state index contributed by atoms with van der Waals surface area (Å²) in [5, 5.41) is 14.9. The summed E-state index contributed by atoms with van der Waals surface area (Å²) in [6.07, 6.45) is 0.0649. The number of sulfonamides is 1. The second kappa shape index (κ2) is 11.7. The topological polar surface area (TPSA) is 113 Å². The van der Waals surface area contributed by atoms with E-state index in [1.165, 1.54) is 28.6 Å². The van der Waals surface area contributed by atoms with E-state index in [0.717, 1.165) is 11.1 Å². The zero-order chi connectivity index (χ0) is 26.3. The molecule has 0 bridgehead atoms. The number of aryl methyl sites for hydroxylation is 1. The standard InChI is InChI=1S/C28H35N3O4S/c1-21(2)20-31(36(34,35)25-15-13-24(29)14-16-25)28(33,19-23-10-5-4-6-11-23)17-18-30-27(32)26-12-8-7-9-22(26)3/h4-16,21,33H,17-20,29H2,1-3H3,(H,30,32). The predicted molar refractivity (Wildman–Crippen MR) is 143 cm³/mol. The normalized spacial score (nSPS) is 13.5. The van der Waals surface area contributed by atoms with Gasteiger partial charge in [0.05, 0.1) is 4.90 Å². The first-order valence-corrected chi connectivity index (χ1v) is 13.5. The van der Waals surface area contributed by atoms with Crippen LogP contribution in [0.2, 0.25) is 0 Å². The third-order valence-electron chi connectivity index (χ3n) is 5.99. The van der Waals surface area contributed by atoms with E-state index in [-0.39, 0.29) is 42.7 Å². The van der Waals surface area contributed by atoms with Crippen molar-refractivity contribution in [3.05, 3.63) is 95.6 Å². The highest BCUT2D eigenvalue weighted by atomic mass is 32.2. The number of aliphatic hydroxyl groups is 1. The molecule has 0 saturated carbocycles. The molecule has 0 aliphatic heterocycles. The fourth-order valence-corrected chi connectivity index (χ4v) is 5.95. The molecule has 1 amide bonds. The Morgan fingerprint density at radius 3 is 2.22 bits per heavy atom. The van der Waals surface area contributed by atoms with Crippen molar-refractivity contribution in [2.75, 3.05) is 18.8 Å². The van der Waals surface area contributed by atoms with Crippen LogP contribution in [-0.4, -0.2) is 42.6 Å². The van der Waals surface area contributed by atoms with E-state index in [0.29, 0.717) is 11.3 Å². The molecule has 7 nitrogen and oxygen atoms in total. The van der Waals surface area contributed by atoms with E-state index in [4.69, 9.17) is 5.73 Å². The molecule has 0 radical (unpaired) electrons. The Labute approximate surface area is 214 Å². The number of rotatable bonds is 11. The van der Waals surface area contributed by atoms with E-state index >= 15 is 0 Å². The predicted octanol–water partition coefficient (Wildman–Crippen LogP) is 3.98. The molecule has 0 aliphatic rings.